The van der Waals surface area contributed by atoms with E-state index in [0.29, 0.717) is 22.2 Å². The van der Waals surface area contributed by atoms with Crippen LogP contribution in [0, 0.1) is 12.8 Å². The Hall–Kier alpha value is -3.26. The number of carbonyl (C=O) groups excluding carboxylic acids is 2. The van der Waals surface area contributed by atoms with E-state index >= 15 is 0 Å². The van der Waals surface area contributed by atoms with Crippen LogP contribution in [0.3, 0.4) is 0 Å². The number of amides is 2. The van der Waals surface area contributed by atoms with Crippen LogP contribution in [0.1, 0.15) is 58.4 Å². The maximum Gasteiger partial charge on any atom is 0.257 e. The molecule has 2 aromatic carbocycles. The fraction of sp³-hybridized carbons (Fsp3) is 0.385. The molecule has 0 atom stereocenters. The lowest BCUT2D eigenvalue weighted by atomic mass is 9.95. The van der Waals surface area contributed by atoms with Crippen LogP contribution in [0.4, 0.5) is 10.3 Å². The summed E-state index contributed by atoms with van der Waals surface area (Å²) in [6.45, 7) is 4.68. The summed E-state index contributed by atoms with van der Waals surface area (Å²) < 4.78 is 0. The summed E-state index contributed by atoms with van der Waals surface area (Å²) in [6, 6.07) is 13.2. The molecule has 2 fully saturated rings. The fourth-order valence-electron chi connectivity index (χ4n) is 4.30. The molecule has 1 aliphatic heterocycles. The van der Waals surface area contributed by atoms with Gasteiger partial charge < -0.3 is 10.2 Å². The Morgan fingerprint density at radius 3 is 2.50 bits per heavy atom. The minimum atomic E-state index is -0.197. The molecule has 34 heavy (non-hydrogen) atoms. The number of nitrogens with one attached hydrogen (secondary N) is 2. The first kappa shape index (κ1) is 22.5. The molecule has 7 nitrogen and oxygen atoms in total. The summed E-state index contributed by atoms with van der Waals surface area (Å²) in [5.41, 5.74) is 4.06. The van der Waals surface area contributed by atoms with Gasteiger partial charge in [0.15, 0.2) is 0 Å². The topological polar surface area (TPSA) is 87.2 Å². The average Bonchev–Trinajstić information content (AvgIpc) is 3.59. The van der Waals surface area contributed by atoms with E-state index in [9.17, 15) is 9.59 Å². The second-order valence-corrected chi connectivity index (χ2v) is 10.1. The number of rotatable bonds is 7. The first-order valence-corrected chi connectivity index (χ1v) is 12.8. The molecule has 1 aromatic heterocycles. The quantitative estimate of drug-likeness (QED) is 0.508. The molecular formula is C26H29N5O2S. The van der Waals surface area contributed by atoms with Crippen LogP contribution < -0.4 is 15.5 Å². The third-order valence-electron chi connectivity index (χ3n) is 6.55. The van der Waals surface area contributed by atoms with Crippen LogP contribution in [-0.2, 0) is 0 Å². The highest BCUT2D eigenvalue weighted by Crippen LogP contribution is 2.30. The van der Waals surface area contributed by atoms with Gasteiger partial charge in [0, 0.05) is 30.8 Å². The molecule has 0 spiro atoms. The van der Waals surface area contributed by atoms with Crippen LogP contribution in [0.25, 0.3) is 11.1 Å². The number of piperidine rings is 1. The van der Waals surface area contributed by atoms with Crippen molar-refractivity contribution in [2.75, 3.05) is 29.9 Å². The Bertz CT molecular complexity index is 1180. The zero-order chi connectivity index (χ0) is 23.5. The van der Waals surface area contributed by atoms with Gasteiger partial charge in [-0.05, 0) is 79.8 Å². The number of nitrogens with zero attached hydrogens (tertiary/aromatic N) is 3. The lowest BCUT2D eigenvalue weighted by molar-refractivity contribution is 0.0951. The predicted molar refractivity (Wildman–Crippen MR) is 136 cm³/mol. The molecule has 2 heterocycles. The summed E-state index contributed by atoms with van der Waals surface area (Å²) in [7, 11) is 0. The van der Waals surface area contributed by atoms with Gasteiger partial charge >= 0.3 is 0 Å². The lowest BCUT2D eigenvalue weighted by Crippen LogP contribution is -2.29. The van der Waals surface area contributed by atoms with Gasteiger partial charge in [-0.2, -0.15) is 0 Å². The van der Waals surface area contributed by atoms with E-state index in [1.165, 1.54) is 43.4 Å². The molecule has 8 heteroatoms. The summed E-state index contributed by atoms with van der Waals surface area (Å²) in [5.74, 6) is 0.414. The smallest absolute Gasteiger partial charge is 0.257 e. The minimum Gasteiger partial charge on any atom is -0.352 e. The molecule has 2 aliphatic rings. The summed E-state index contributed by atoms with van der Waals surface area (Å²) in [4.78, 5) is 27.6. The number of benzene rings is 2. The monoisotopic (exact) mass is 475 g/mol. The number of hydrogen-bond acceptors (Lipinski definition) is 6. The lowest BCUT2D eigenvalue weighted by Gasteiger charge is -2.25. The van der Waals surface area contributed by atoms with Gasteiger partial charge in [-0.25, -0.2) is 0 Å². The van der Waals surface area contributed by atoms with E-state index in [4.69, 9.17) is 0 Å². The van der Waals surface area contributed by atoms with Gasteiger partial charge in [0.1, 0.15) is 0 Å². The third kappa shape index (κ3) is 5.12. The molecule has 5 rings (SSSR count). The maximum atomic E-state index is 13.0. The van der Waals surface area contributed by atoms with Crippen molar-refractivity contribution in [1.82, 2.24) is 15.5 Å². The van der Waals surface area contributed by atoms with Crippen LogP contribution in [-0.4, -0.2) is 41.6 Å². The Balaban J connectivity index is 1.28. The highest BCUT2D eigenvalue weighted by molar-refractivity contribution is 7.19. The normalized spacial score (nSPS) is 15.7. The number of aromatic nitrogens is 2. The fourth-order valence-corrected chi connectivity index (χ4v) is 5.09. The van der Waals surface area contributed by atoms with E-state index < -0.39 is 0 Å². The first-order valence-electron chi connectivity index (χ1n) is 12.0. The Morgan fingerprint density at radius 1 is 1.00 bits per heavy atom. The molecular weight excluding hydrogens is 446 g/mol. The van der Waals surface area contributed by atoms with E-state index in [2.05, 4.69) is 25.7 Å². The highest BCUT2D eigenvalue weighted by atomic mass is 32.1. The van der Waals surface area contributed by atoms with Crippen molar-refractivity contribution >= 4 is 33.4 Å². The SMILES string of the molecule is Cc1c(C(=O)Nc2nnc(N3CCCCC3)s2)cccc1-c1ccc(C(=O)NCC2CC2)cc1. The maximum absolute atomic E-state index is 13.0. The molecule has 0 bridgehead atoms. The Kier molecular flexibility index (Phi) is 6.58. The van der Waals surface area contributed by atoms with E-state index in [1.54, 1.807) is 0 Å². The second kappa shape index (κ2) is 9.93. The van der Waals surface area contributed by atoms with Crippen molar-refractivity contribution < 1.29 is 9.59 Å². The van der Waals surface area contributed by atoms with Crippen LogP contribution in [0.2, 0.25) is 0 Å². The number of hydrogen-bond donors (Lipinski definition) is 2. The van der Waals surface area contributed by atoms with Crippen molar-refractivity contribution in [1.29, 1.82) is 0 Å². The molecule has 1 saturated heterocycles. The molecule has 2 N–H and O–H groups in total. The van der Waals surface area contributed by atoms with Gasteiger partial charge in [-0.15, -0.1) is 10.2 Å². The number of anilines is 2. The van der Waals surface area contributed by atoms with Crippen molar-refractivity contribution in [3.63, 3.8) is 0 Å². The van der Waals surface area contributed by atoms with E-state index in [-0.39, 0.29) is 11.8 Å². The van der Waals surface area contributed by atoms with Gasteiger partial charge in [0.05, 0.1) is 0 Å². The van der Waals surface area contributed by atoms with Crippen molar-refractivity contribution in [2.24, 2.45) is 5.92 Å². The molecule has 1 saturated carbocycles. The van der Waals surface area contributed by atoms with Gasteiger partial charge in [-0.3, -0.25) is 14.9 Å². The minimum absolute atomic E-state index is 0.0377. The Labute approximate surface area is 203 Å². The third-order valence-corrected chi connectivity index (χ3v) is 7.45. The van der Waals surface area contributed by atoms with E-state index in [1.807, 2.05) is 49.4 Å². The highest BCUT2D eigenvalue weighted by Gasteiger charge is 2.22. The molecule has 0 unspecified atom stereocenters. The second-order valence-electron chi connectivity index (χ2n) is 9.10. The van der Waals surface area contributed by atoms with Crippen LogP contribution in [0.15, 0.2) is 42.5 Å². The van der Waals surface area contributed by atoms with Gasteiger partial charge in [0.25, 0.3) is 11.8 Å². The average molecular weight is 476 g/mol. The molecule has 3 aromatic rings. The summed E-state index contributed by atoms with van der Waals surface area (Å²) >= 11 is 1.42. The molecule has 2 amide bonds. The predicted octanol–water partition coefficient (Wildman–Crippen LogP) is 4.90. The zero-order valence-electron chi connectivity index (χ0n) is 19.3. The van der Waals surface area contributed by atoms with Gasteiger partial charge in [-0.1, -0.05) is 35.6 Å². The van der Waals surface area contributed by atoms with Crippen molar-refractivity contribution in [3.05, 3.63) is 59.2 Å². The van der Waals surface area contributed by atoms with Crippen LogP contribution >= 0.6 is 11.3 Å². The van der Waals surface area contributed by atoms with Crippen molar-refractivity contribution in [3.8, 4) is 11.1 Å². The van der Waals surface area contributed by atoms with Crippen LogP contribution in [0.5, 0.6) is 0 Å². The largest absolute Gasteiger partial charge is 0.352 e. The zero-order valence-corrected chi connectivity index (χ0v) is 20.2. The molecule has 1 aliphatic carbocycles. The van der Waals surface area contributed by atoms with Gasteiger partial charge in [0.2, 0.25) is 10.3 Å². The Morgan fingerprint density at radius 2 is 1.76 bits per heavy atom. The molecule has 0 radical (unpaired) electrons. The van der Waals surface area contributed by atoms with E-state index in [0.717, 1.165) is 41.5 Å². The molecule has 176 valence electrons. The first-order chi connectivity index (χ1) is 16.6. The summed E-state index contributed by atoms with van der Waals surface area (Å²) in [6.07, 6.45) is 6.01. The number of carbonyl (C=O) groups is 2. The standard InChI is InChI=1S/C26H29N5O2S/c1-17-21(19-10-12-20(13-11-19)23(32)27-16-18-8-9-18)6-5-7-22(17)24(33)28-25-29-30-26(34-25)31-14-3-2-4-15-31/h5-7,10-13,18H,2-4,8-9,14-16H2,1H3,(H,27,32)(H,28,29,33). The summed E-state index contributed by atoms with van der Waals surface area (Å²) in [5, 5.41) is 15.7. The van der Waals surface area contributed by atoms with Crippen molar-refractivity contribution in [2.45, 2.75) is 39.0 Å².